The molecule has 0 heterocycles. The normalized spacial score (nSPS) is 8.58. The minimum atomic E-state index is -0.125. The van der Waals surface area contributed by atoms with E-state index in [4.69, 9.17) is 10.2 Å². The first-order valence-electron chi connectivity index (χ1n) is 4.66. The van der Waals surface area contributed by atoms with Gasteiger partial charge in [-0.3, -0.25) is 0 Å². The highest BCUT2D eigenvalue weighted by molar-refractivity contribution is 4.64. The zero-order chi connectivity index (χ0) is 9.66. The fraction of sp³-hybridized carbons (Fsp3) is 0.800. The monoisotopic (exact) mass is 174 g/mol. The number of allylic oxidation sites excluding steroid dienone is 1. The van der Waals surface area contributed by atoms with Gasteiger partial charge < -0.3 is 10.2 Å². The smallest absolute Gasteiger partial charge is 0.0662 e. The first kappa shape index (κ1) is 14.2. The third kappa shape index (κ3) is 22.6. The van der Waals surface area contributed by atoms with Crippen molar-refractivity contribution in [1.82, 2.24) is 0 Å². The van der Waals surface area contributed by atoms with Crippen molar-refractivity contribution in [3.05, 3.63) is 12.7 Å². The van der Waals surface area contributed by atoms with E-state index in [9.17, 15) is 0 Å². The lowest BCUT2D eigenvalue weighted by Gasteiger charge is -1.91. The molecule has 0 aliphatic rings. The van der Waals surface area contributed by atoms with Crippen LogP contribution in [0.4, 0.5) is 0 Å². The Morgan fingerprint density at radius 3 is 2.00 bits per heavy atom. The average Bonchev–Trinajstić information content (AvgIpc) is 2.13. The Morgan fingerprint density at radius 2 is 1.67 bits per heavy atom. The molecule has 0 spiro atoms. The Morgan fingerprint density at radius 1 is 1.08 bits per heavy atom. The van der Waals surface area contributed by atoms with E-state index in [2.05, 4.69) is 13.5 Å². The third-order valence-corrected chi connectivity index (χ3v) is 1.36. The van der Waals surface area contributed by atoms with Gasteiger partial charge >= 0.3 is 0 Å². The van der Waals surface area contributed by atoms with Crippen LogP contribution in [-0.4, -0.2) is 23.4 Å². The molecule has 0 aromatic carbocycles. The maximum Gasteiger partial charge on any atom is 0.0662 e. The van der Waals surface area contributed by atoms with Crippen LogP contribution in [0, 0.1) is 0 Å². The largest absolute Gasteiger partial charge is 0.394 e. The van der Waals surface area contributed by atoms with Crippen LogP contribution in [-0.2, 0) is 0 Å². The molecule has 2 nitrogen and oxygen atoms in total. The van der Waals surface area contributed by atoms with Gasteiger partial charge in [-0.15, -0.1) is 6.58 Å². The van der Waals surface area contributed by atoms with Crippen molar-refractivity contribution in [3.8, 4) is 0 Å². The van der Waals surface area contributed by atoms with Gasteiger partial charge in [-0.2, -0.15) is 0 Å². The van der Waals surface area contributed by atoms with Gasteiger partial charge in [0.1, 0.15) is 0 Å². The molecule has 0 fully saturated rings. The minimum absolute atomic E-state index is 0.125. The van der Waals surface area contributed by atoms with Gasteiger partial charge in [-0.1, -0.05) is 32.3 Å². The molecule has 0 aromatic rings. The lowest BCUT2D eigenvalue weighted by Crippen LogP contribution is -1.85. The molecule has 2 N–H and O–H groups in total. The fourth-order valence-electron chi connectivity index (χ4n) is 0.715. The maximum atomic E-state index is 7.62. The van der Waals surface area contributed by atoms with Crippen molar-refractivity contribution in [3.63, 3.8) is 0 Å². The summed E-state index contributed by atoms with van der Waals surface area (Å²) < 4.78 is 0. The predicted molar refractivity (Wildman–Crippen MR) is 53.1 cm³/mol. The summed E-state index contributed by atoms with van der Waals surface area (Å²) in [7, 11) is 0. The lowest BCUT2D eigenvalue weighted by atomic mass is 10.2. The van der Waals surface area contributed by atoms with Gasteiger partial charge in [-0.25, -0.2) is 0 Å². The van der Waals surface area contributed by atoms with E-state index < -0.39 is 0 Å². The first-order chi connectivity index (χ1) is 5.83. The van der Waals surface area contributed by atoms with Crippen LogP contribution in [0.1, 0.15) is 39.0 Å². The molecule has 74 valence electrons. The van der Waals surface area contributed by atoms with E-state index in [-0.39, 0.29) is 13.2 Å². The van der Waals surface area contributed by atoms with E-state index in [0.29, 0.717) is 0 Å². The summed E-state index contributed by atoms with van der Waals surface area (Å²) in [5.74, 6) is 0. The molecule has 0 radical (unpaired) electrons. The summed E-state index contributed by atoms with van der Waals surface area (Å²) in [4.78, 5) is 0. The molecule has 0 atom stereocenters. The van der Waals surface area contributed by atoms with Crippen LogP contribution in [0.15, 0.2) is 12.7 Å². The Balaban J connectivity index is 0. The summed E-state index contributed by atoms with van der Waals surface area (Å²) >= 11 is 0. The van der Waals surface area contributed by atoms with Crippen molar-refractivity contribution < 1.29 is 10.2 Å². The van der Waals surface area contributed by atoms with Gasteiger partial charge in [0.05, 0.1) is 13.2 Å². The third-order valence-electron chi connectivity index (χ3n) is 1.36. The second-order valence-corrected chi connectivity index (χ2v) is 2.59. The second kappa shape index (κ2) is 17.0. The molecule has 0 aromatic heterocycles. The fourth-order valence-corrected chi connectivity index (χ4v) is 0.715. The highest BCUT2D eigenvalue weighted by Crippen LogP contribution is 2.01. The summed E-state index contributed by atoms with van der Waals surface area (Å²) in [6, 6.07) is 0. The second-order valence-electron chi connectivity index (χ2n) is 2.59. The molecule has 0 rings (SSSR count). The summed E-state index contributed by atoms with van der Waals surface area (Å²) in [5.41, 5.74) is 0. The Kier molecular flexibility index (Phi) is 20.1. The van der Waals surface area contributed by atoms with Crippen LogP contribution < -0.4 is 0 Å². The zero-order valence-corrected chi connectivity index (χ0v) is 8.13. The van der Waals surface area contributed by atoms with E-state index in [0.717, 1.165) is 0 Å². The molecule has 0 amide bonds. The van der Waals surface area contributed by atoms with E-state index >= 15 is 0 Å². The molecule has 2 heteroatoms. The van der Waals surface area contributed by atoms with Crippen LogP contribution in [0.2, 0.25) is 0 Å². The van der Waals surface area contributed by atoms with Crippen molar-refractivity contribution in [2.75, 3.05) is 13.2 Å². The molecule has 0 saturated carbocycles. The van der Waals surface area contributed by atoms with Crippen molar-refractivity contribution in [2.24, 2.45) is 0 Å². The van der Waals surface area contributed by atoms with E-state index in [1.165, 1.54) is 32.1 Å². The highest BCUT2D eigenvalue weighted by Gasteiger charge is 1.81. The SMILES string of the molecule is C=CCCCCCC.OCCO. The molecular formula is C10H22O2. The highest BCUT2D eigenvalue weighted by atomic mass is 16.3. The zero-order valence-electron chi connectivity index (χ0n) is 8.13. The molecule has 0 bridgehead atoms. The average molecular weight is 174 g/mol. The van der Waals surface area contributed by atoms with Gasteiger partial charge in [0.25, 0.3) is 0 Å². The van der Waals surface area contributed by atoms with Crippen LogP contribution >= 0.6 is 0 Å². The number of hydrogen-bond acceptors (Lipinski definition) is 2. The summed E-state index contributed by atoms with van der Waals surface area (Å²) in [6.45, 7) is 5.64. The molecule has 0 saturated heterocycles. The number of aliphatic hydroxyl groups excluding tert-OH is 2. The van der Waals surface area contributed by atoms with Gasteiger partial charge in [0.15, 0.2) is 0 Å². The topological polar surface area (TPSA) is 40.5 Å². The van der Waals surface area contributed by atoms with Crippen molar-refractivity contribution in [1.29, 1.82) is 0 Å². The van der Waals surface area contributed by atoms with Gasteiger partial charge in [0.2, 0.25) is 0 Å². The Bertz CT molecular complexity index is 70.2. The number of hydrogen-bond donors (Lipinski definition) is 2. The number of unbranched alkanes of at least 4 members (excludes halogenated alkanes) is 4. The molecule has 0 aliphatic carbocycles. The number of rotatable bonds is 6. The maximum absolute atomic E-state index is 7.62. The Hall–Kier alpha value is -0.340. The van der Waals surface area contributed by atoms with Crippen LogP contribution in [0.5, 0.6) is 0 Å². The minimum Gasteiger partial charge on any atom is -0.394 e. The first-order valence-corrected chi connectivity index (χ1v) is 4.66. The standard InChI is InChI=1S/C8H16.C2H6O2/c1-3-5-7-8-6-4-2;3-1-2-4/h3H,1,4-8H2,2H3;3-4H,1-2H2. The quantitative estimate of drug-likeness (QED) is 0.478. The van der Waals surface area contributed by atoms with E-state index in [1.807, 2.05) is 6.08 Å². The van der Waals surface area contributed by atoms with Crippen molar-refractivity contribution in [2.45, 2.75) is 39.0 Å². The predicted octanol–water partition coefficient (Wildman–Crippen LogP) is 2.11. The number of aliphatic hydroxyl groups is 2. The molecular weight excluding hydrogens is 152 g/mol. The molecule has 0 unspecified atom stereocenters. The molecule has 0 aliphatic heterocycles. The van der Waals surface area contributed by atoms with Gasteiger partial charge in [0, 0.05) is 0 Å². The lowest BCUT2D eigenvalue weighted by molar-refractivity contribution is 0.186. The van der Waals surface area contributed by atoms with Crippen molar-refractivity contribution >= 4 is 0 Å². The Labute approximate surface area is 75.9 Å². The summed E-state index contributed by atoms with van der Waals surface area (Å²) in [6.07, 6.45) is 8.61. The van der Waals surface area contributed by atoms with E-state index in [1.54, 1.807) is 0 Å². The van der Waals surface area contributed by atoms with Crippen LogP contribution in [0.25, 0.3) is 0 Å². The van der Waals surface area contributed by atoms with Crippen LogP contribution in [0.3, 0.4) is 0 Å². The summed E-state index contributed by atoms with van der Waals surface area (Å²) in [5, 5.41) is 15.2. The molecule has 12 heavy (non-hydrogen) atoms. The van der Waals surface area contributed by atoms with Gasteiger partial charge in [-0.05, 0) is 12.8 Å².